The number of hydrogen-bond donors (Lipinski definition) is 1. The topological polar surface area (TPSA) is 29.1 Å². The van der Waals surface area contributed by atoms with E-state index in [0.717, 1.165) is 13.0 Å². The molecule has 0 aliphatic carbocycles. The maximum atomic E-state index is 11.5. The summed E-state index contributed by atoms with van der Waals surface area (Å²) in [5.74, 6) is 0.937. The largest absolute Gasteiger partial charge is 0.356 e. The van der Waals surface area contributed by atoms with Crippen LogP contribution in [-0.4, -0.2) is 12.5 Å². The predicted octanol–water partition coefficient (Wildman–Crippen LogP) is 6.38. The van der Waals surface area contributed by atoms with Gasteiger partial charge in [0.1, 0.15) is 0 Å². The Kier molecular flexibility index (Phi) is 13.4. The van der Waals surface area contributed by atoms with E-state index in [0.29, 0.717) is 5.92 Å². The van der Waals surface area contributed by atoms with Gasteiger partial charge in [-0.1, -0.05) is 90.4 Å². The molecule has 1 unspecified atom stereocenters. The molecule has 136 valence electrons. The van der Waals surface area contributed by atoms with Crippen LogP contribution >= 0.6 is 0 Å². The summed E-state index contributed by atoms with van der Waals surface area (Å²) < 4.78 is 0. The van der Waals surface area contributed by atoms with Gasteiger partial charge in [-0.2, -0.15) is 0 Å². The van der Waals surface area contributed by atoms with Crippen LogP contribution in [0.1, 0.15) is 116 Å². The van der Waals surface area contributed by atoms with Crippen LogP contribution in [0.2, 0.25) is 0 Å². The molecule has 1 amide bonds. The van der Waals surface area contributed by atoms with E-state index >= 15 is 0 Å². The monoisotopic (exact) mass is 323 g/mol. The van der Waals surface area contributed by atoms with Crippen molar-refractivity contribution in [1.82, 2.24) is 5.32 Å². The summed E-state index contributed by atoms with van der Waals surface area (Å²) in [7, 11) is 0. The Hall–Kier alpha value is -0.530. The van der Waals surface area contributed by atoms with E-state index in [1.165, 1.54) is 103 Å². The number of amides is 1. The third kappa shape index (κ3) is 12.5. The van der Waals surface area contributed by atoms with Crippen molar-refractivity contribution >= 4 is 5.91 Å². The highest BCUT2D eigenvalue weighted by Gasteiger charge is 2.16. The molecular formula is C21H41NO. The Morgan fingerprint density at radius 2 is 1.35 bits per heavy atom. The molecule has 1 N–H and O–H groups in total. The fourth-order valence-corrected chi connectivity index (χ4v) is 3.75. The van der Waals surface area contributed by atoms with Crippen LogP contribution in [-0.2, 0) is 4.79 Å². The average Bonchev–Trinajstić information content (AvgIpc) is 2.76. The fourth-order valence-electron chi connectivity index (χ4n) is 3.75. The minimum atomic E-state index is 0.280. The summed E-state index contributed by atoms with van der Waals surface area (Å²) in [5, 5.41) is 2.98. The highest BCUT2D eigenvalue weighted by molar-refractivity contribution is 5.76. The summed E-state index contributed by atoms with van der Waals surface area (Å²) in [5.41, 5.74) is 0. The number of carbonyl (C=O) groups excluding carboxylic acids is 1. The lowest BCUT2D eigenvalue weighted by Crippen LogP contribution is -2.22. The molecule has 0 bridgehead atoms. The summed E-state index contributed by atoms with van der Waals surface area (Å²) >= 11 is 0. The molecule has 1 saturated heterocycles. The zero-order chi connectivity index (χ0) is 16.6. The lowest BCUT2D eigenvalue weighted by molar-refractivity contribution is -0.121. The molecule has 0 aromatic heterocycles. The number of carbonyl (C=O) groups is 1. The second kappa shape index (κ2) is 15.0. The van der Waals surface area contributed by atoms with E-state index in [1.807, 2.05) is 0 Å². The normalized spacial score (nSPS) is 18.7. The van der Waals surface area contributed by atoms with E-state index in [2.05, 4.69) is 12.2 Å². The van der Waals surface area contributed by atoms with Crippen LogP contribution in [0, 0.1) is 5.92 Å². The Balaban J connectivity index is 1.78. The first-order chi connectivity index (χ1) is 11.3. The summed E-state index contributed by atoms with van der Waals surface area (Å²) in [6.45, 7) is 3.18. The second-order valence-corrected chi connectivity index (χ2v) is 7.59. The van der Waals surface area contributed by atoms with Crippen LogP contribution < -0.4 is 5.32 Å². The molecule has 0 aromatic carbocycles. The lowest BCUT2D eigenvalue weighted by Gasteiger charge is -2.12. The van der Waals surface area contributed by atoms with Crippen molar-refractivity contribution in [2.75, 3.05) is 6.54 Å². The minimum absolute atomic E-state index is 0.280. The van der Waals surface area contributed by atoms with Crippen molar-refractivity contribution in [2.24, 2.45) is 5.92 Å². The fraction of sp³-hybridized carbons (Fsp3) is 0.952. The van der Waals surface area contributed by atoms with Gasteiger partial charge in [0.25, 0.3) is 0 Å². The SMILES string of the molecule is CCCCCCCCCCCCCCCC1CCCNC(=O)C1. The van der Waals surface area contributed by atoms with Crippen LogP contribution in [0.5, 0.6) is 0 Å². The van der Waals surface area contributed by atoms with E-state index in [1.54, 1.807) is 0 Å². The molecule has 1 aliphatic heterocycles. The first kappa shape index (κ1) is 20.5. The minimum Gasteiger partial charge on any atom is -0.356 e. The van der Waals surface area contributed by atoms with E-state index in [-0.39, 0.29) is 5.91 Å². The molecule has 1 atom stereocenters. The Labute approximate surface area is 145 Å². The summed E-state index contributed by atoms with van der Waals surface area (Å²) in [4.78, 5) is 11.5. The van der Waals surface area contributed by atoms with Crippen molar-refractivity contribution in [3.8, 4) is 0 Å². The van der Waals surface area contributed by atoms with Crippen molar-refractivity contribution in [3.05, 3.63) is 0 Å². The quantitative estimate of drug-likeness (QED) is 0.369. The lowest BCUT2D eigenvalue weighted by atomic mass is 9.93. The molecule has 1 aliphatic rings. The first-order valence-corrected chi connectivity index (χ1v) is 10.6. The van der Waals surface area contributed by atoms with Crippen molar-refractivity contribution in [2.45, 2.75) is 116 Å². The zero-order valence-electron chi connectivity index (χ0n) is 15.7. The molecular weight excluding hydrogens is 282 g/mol. The van der Waals surface area contributed by atoms with Gasteiger partial charge < -0.3 is 5.32 Å². The predicted molar refractivity (Wildman–Crippen MR) is 101 cm³/mol. The van der Waals surface area contributed by atoms with Gasteiger partial charge in [-0.3, -0.25) is 4.79 Å². The van der Waals surface area contributed by atoms with Gasteiger partial charge in [0.15, 0.2) is 0 Å². The number of nitrogens with one attached hydrogen (secondary N) is 1. The Bertz CT molecular complexity index is 277. The van der Waals surface area contributed by atoms with Gasteiger partial charge in [-0.25, -0.2) is 0 Å². The number of unbranched alkanes of at least 4 members (excludes halogenated alkanes) is 12. The van der Waals surface area contributed by atoms with Gasteiger partial charge in [0.05, 0.1) is 0 Å². The summed E-state index contributed by atoms with van der Waals surface area (Å²) in [6.07, 6.45) is 22.9. The van der Waals surface area contributed by atoms with E-state index < -0.39 is 0 Å². The molecule has 0 spiro atoms. The molecule has 2 nitrogen and oxygen atoms in total. The van der Waals surface area contributed by atoms with Crippen LogP contribution in [0.15, 0.2) is 0 Å². The highest BCUT2D eigenvalue weighted by atomic mass is 16.1. The highest BCUT2D eigenvalue weighted by Crippen LogP contribution is 2.21. The Morgan fingerprint density at radius 3 is 1.91 bits per heavy atom. The van der Waals surface area contributed by atoms with Crippen LogP contribution in [0.3, 0.4) is 0 Å². The maximum absolute atomic E-state index is 11.5. The van der Waals surface area contributed by atoms with E-state index in [4.69, 9.17) is 0 Å². The molecule has 1 rings (SSSR count). The van der Waals surface area contributed by atoms with Gasteiger partial charge in [-0.05, 0) is 25.2 Å². The van der Waals surface area contributed by atoms with Gasteiger partial charge in [0, 0.05) is 13.0 Å². The van der Waals surface area contributed by atoms with Crippen molar-refractivity contribution in [3.63, 3.8) is 0 Å². The smallest absolute Gasteiger partial charge is 0.220 e. The third-order valence-corrected chi connectivity index (χ3v) is 5.30. The standard InChI is InChI=1S/C21H41NO/c1-2-3-4-5-6-7-8-9-10-11-12-13-14-16-20-17-15-18-22-21(23)19-20/h20H,2-19H2,1H3,(H,22,23). The maximum Gasteiger partial charge on any atom is 0.220 e. The molecule has 2 heteroatoms. The second-order valence-electron chi connectivity index (χ2n) is 7.59. The third-order valence-electron chi connectivity index (χ3n) is 5.30. The van der Waals surface area contributed by atoms with Gasteiger partial charge >= 0.3 is 0 Å². The van der Waals surface area contributed by atoms with Crippen LogP contribution in [0.4, 0.5) is 0 Å². The zero-order valence-corrected chi connectivity index (χ0v) is 15.7. The van der Waals surface area contributed by atoms with Gasteiger partial charge in [-0.15, -0.1) is 0 Å². The van der Waals surface area contributed by atoms with Crippen LogP contribution in [0.25, 0.3) is 0 Å². The van der Waals surface area contributed by atoms with Crippen molar-refractivity contribution < 1.29 is 4.79 Å². The van der Waals surface area contributed by atoms with Gasteiger partial charge in [0.2, 0.25) is 5.91 Å². The number of rotatable bonds is 14. The average molecular weight is 324 g/mol. The molecule has 0 radical (unpaired) electrons. The molecule has 1 heterocycles. The molecule has 23 heavy (non-hydrogen) atoms. The molecule has 1 fully saturated rings. The van der Waals surface area contributed by atoms with Crippen molar-refractivity contribution in [1.29, 1.82) is 0 Å². The summed E-state index contributed by atoms with van der Waals surface area (Å²) in [6, 6.07) is 0. The molecule has 0 saturated carbocycles. The van der Waals surface area contributed by atoms with E-state index in [9.17, 15) is 4.79 Å². The number of hydrogen-bond acceptors (Lipinski definition) is 1. The molecule has 0 aromatic rings. The Morgan fingerprint density at radius 1 is 0.826 bits per heavy atom. The first-order valence-electron chi connectivity index (χ1n) is 10.6.